The van der Waals surface area contributed by atoms with Gasteiger partial charge < -0.3 is 15.1 Å². The van der Waals surface area contributed by atoms with Crippen molar-refractivity contribution in [3.8, 4) is 0 Å². The molecule has 0 aliphatic carbocycles. The standard InChI is InChI=1S/C22H26F2N8O3/c1-29-8-10-31(11-9-29)7-3-6-25-20(33)18-26-17-19(28-27-18)32(22(35)30(2)21(17)34)13-14-4-5-15(23)16(24)12-14/h4-5,12H,3,6-11,13H2,1-2H3,(H,25,33). The quantitative estimate of drug-likeness (QED) is 0.446. The first kappa shape index (κ1) is 24.5. The Balaban J connectivity index is 1.51. The van der Waals surface area contributed by atoms with Gasteiger partial charge in [0.25, 0.3) is 11.5 Å². The minimum absolute atomic E-state index is 0.158. The first-order valence-electron chi connectivity index (χ1n) is 11.2. The smallest absolute Gasteiger partial charge is 0.332 e. The Labute approximate surface area is 199 Å². The average molecular weight is 488 g/mol. The van der Waals surface area contributed by atoms with E-state index in [1.165, 1.54) is 13.1 Å². The zero-order valence-corrected chi connectivity index (χ0v) is 19.5. The third kappa shape index (κ3) is 5.41. The number of carbonyl (C=O) groups excluding carboxylic acids is 1. The van der Waals surface area contributed by atoms with Crippen molar-refractivity contribution in [1.82, 2.24) is 39.4 Å². The van der Waals surface area contributed by atoms with Crippen molar-refractivity contribution in [2.75, 3.05) is 46.3 Å². The van der Waals surface area contributed by atoms with Crippen LogP contribution in [-0.4, -0.2) is 86.3 Å². The van der Waals surface area contributed by atoms with Gasteiger partial charge in [0.2, 0.25) is 5.82 Å². The Kier molecular flexibility index (Phi) is 7.26. The summed E-state index contributed by atoms with van der Waals surface area (Å²) in [5, 5.41) is 10.4. The third-order valence-corrected chi connectivity index (χ3v) is 6.01. The van der Waals surface area contributed by atoms with Crippen molar-refractivity contribution in [1.29, 1.82) is 0 Å². The summed E-state index contributed by atoms with van der Waals surface area (Å²) in [5.41, 5.74) is -1.59. The summed E-state index contributed by atoms with van der Waals surface area (Å²) in [4.78, 5) is 46.5. The summed E-state index contributed by atoms with van der Waals surface area (Å²) in [5.74, 6) is -2.97. The summed E-state index contributed by atoms with van der Waals surface area (Å²) in [7, 11) is 3.34. The zero-order valence-electron chi connectivity index (χ0n) is 19.5. The van der Waals surface area contributed by atoms with Crippen LogP contribution < -0.4 is 16.6 Å². The van der Waals surface area contributed by atoms with Gasteiger partial charge in [0, 0.05) is 39.8 Å². The number of benzene rings is 1. The number of rotatable bonds is 7. The molecule has 186 valence electrons. The third-order valence-electron chi connectivity index (χ3n) is 6.01. The number of halogens is 2. The number of hydrogen-bond acceptors (Lipinski definition) is 8. The Morgan fingerprint density at radius 2 is 1.80 bits per heavy atom. The van der Waals surface area contributed by atoms with Gasteiger partial charge in [0.05, 0.1) is 6.54 Å². The summed E-state index contributed by atoms with van der Waals surface area (Å²) in [6, 6.07) is 3.20. The van der Waals surface area contributed by atoms with E-state index in [0.717, 1.165) is 60.4 Å². The van der Waals surface area contributed by atoms with Gasteiger partial charge >= 0.3 is 5.69 Å². The Bertz CT molecular complexity index is 1370. The minimum atomic E-state index is -1.07. The van der Waals surface area contributed by atoms with Gasteiger partial charge in [0.15, 0.2) is 22.8 Å². The molecule has 13 heteroatoms. The predicted octanol–water partition coefficient (Wildman–Crippen LogP) is -0.421. The van der Waals surface area contributed by atoms with Gasteiger partial charge in [-0.15, -0.1) is 10.2 Å². The Hall–Kier alpha value is -3.58. The predicted molar refractivity (Wildman–Crippen MR) is 123 cm³/mol. The van der Waals surface area contributed by atoms with Crippen molar-refractivity contribution in [3.63, 3.8) is 0 Å². The molecular formula is C22H26F2N8O3. The maximum Gasteiger partial charge on any atom is 0.332 e. The molecule has 1 N–H and O–H groups in total. The molecule has 0 spiro atoms. The van der Waals surface area contributed by atoms with Crippen LogP contribution in [-0.2, 0) is 13.6 Å². The van der Waals surface area contributed by atoms with E-state index in [-0.39, 0.29) is 29.1 Å². The molecule has 0 radical (unpaired) electrons. The van der Waals surface area contributed by atoms with E-state index in [2.05, 4.69) is 37.3 Å². The molecule has 4 rings (SSSR count). The van der Waals surface area contributed by atoms with Crippen LogP contribution in [0.25, 0.3) is 11.2 Å². The highest BCUT2D eigenvalue weighted by molar-refractivity contribution is 5.91. The maximum atomic E-state index is 13.6. The molecular weight excluding hydrogens is 462 g/mol. The van der Waals surface area contributed by atoms with Gasteiger partial charge in [-0.1, -0.05) is 6.07 Å². The number of nitrogens with one attached hydrogen (secondary N) is 1. The lowest BCUT2D eigenvalue weighted by molar-refractivity contribution is 0.0938. The molecule has 1 amide bonds. The number of aromatic nitrogens is 5. The van der Waals surface area contributed by atoms with Crippen molar-refractivity contribution >= 4 is 17.1 Å². The number of nitrogens with zero attached hydrogens (tertiary/aromatic N) is 7. The van der Waals surface area contributed by atoms with Gasteiger partial charge in [-0.3, -0.25) is 18.7 Å². The molecule has 1 saturated heterocycles. The molecule has 2 aromatic heterocycles. The van der Waals surface area contributed by atoms with E-state index in [0.29, 0.717) is 6.54 Å². The van der Waals surface area contributed by atoms with Crippen LogP contribution in [0, 0.1) is 11.6 Å². The number of likely N-dealkylation sites (N-methyl/N-ethyl adjacent to an activating group) is 1. The number of carbonyl (C=O) groups is 1. The summed E-state index contributed by atoms with van der Waals surface area (Å²) in [6.07, 6.45) is 0.742. The second-order valence-electron chi connectivity index (χ2n) is 8.54. The Morgan fingerprint density at radius 1 is 1.06 bits per heavy atom. The average Bonchev–Trinajstić information content (AvgIpc) is 2.86. The fourth-order valence-corrected chi connectivity index (χ4v) is 3.88. The first-order chi connectivity index (χ1) is 16.7. The summed E-state index contributed by atoms with van der Waals surface area (Å²) < 4.78 is 28.8. The SMILES string of the molecule is CN1CCN(CCCNC(=O)c2nnc3c(n2)c(=O)n(C)c(=O)n3Cc2ccc(F)c(F)c2)CC1. The van der Waals surface area contributed by atoms with Crippen molar-refractivity contribution in [2.45, 2.75) is 13.0 Å². The molecule has 1 aliphatic heterocycles. The topological polar surface area (TPSA) is 118 Å². The van der Waals surface area contributed by atoms with E-state index in [9.17, 15) is 23.2 Å². The summed E-state index contributed by atoms with van der Waals surface area (Å²) >= 11 is 0. The fraction of sp³-hybridized carbons (Fsp3) is 0.455. The minimum Gasteiger partial charge on any atom is -0.349 e. The normalized spacial score (nSPS) is 15.0. The van der Waals surface area contributed by atoms with Crippen LogP contribution >= 0.6 is 0 Å². The van der Waals surface area contributed by atoms with E-state index >= 15 is 0 Å². The molecule has 35 heavy (non-hydrogen) atoms. The van der Waals surface area contributed by atoms with E-state index < -0.39 is 28.8 Å². The van der Waals surface area contributed by atoms with Crippen LogP contribution in [0.5, 0.6) is 0 Å². The van der Waals surface area contributed by atoms with E-state index in [1.54, 1.807) is 0 Å². The van der Waals surface area contributed by atoms with Gasteiger partial charge in [-0.05, 0) is 37.7 Å². The second kappa shape index (κ2) is 10.4. The Morgan fingerprint density at radius 3 is 2.51 bits per heavy atom. The highest BCUT2D eigenvalue weighted by Crippen LogP contribution is 2.11. The zero-order chi connectivity index (χ0) is 25.1. The lowest BCUT2D eigenvalue weighted by Crippen LogP contribution is -2.45. The molecule has 11 nitrogen and oxygen atoms in total. The molecule has 0 unspecified atom stereocenters. The molecule has 1 aliphatic rings. The molecule has 0 bridgehead atoms. The van der Waals surface area contributed by atoms with E-state index in [1.807, 2.05) is 0 Å². The monoisotopic (exact) mass is 488 g/mol. The van der Waals surface area contributed by atoms with Crippen LogP contribution in [0.1, 0.15) is 22.6 Å². The molecule has 1 aromatic carbocycles. The van der Waals surface area contributed by atoms with Crippen LogP contribution in [0.4, 0.5) is 8.78 Å². The lowest BCUT2D eigenvalue weighted by Gasteiger charge is -2.32. The van der Waals surface area contributed by atoms with Crippen LogP contribution in [0.2, 0.25) is 0 Å². The number of fused-ring (bicyclic) bond motifs is 1. The van der Waals surface area contributed by atoms with Crippen molar-refractivity contribution < 1.29 is 13.6 Å². The summed E-state index contributed by atoms with van der Waals surface area (Å²) in [6.45, 7) is 5.05. The second-order valence-corrected chi connectivity index (χ2v) is 8.54. The molecule has 3 heterocycles. The number of hydrogen-bond donors (Lipinski definition) is 1. The van der Waals surface area contributed by atoms with E-state index in [4.69, 9.17) is 0 Å². The van der Waals surface area contributed by atoms with Crippen molar-refractivity contribution in [2.24, 2.45) is 7.05 Å². The van der Waals surface area contributed by atoms with Crippen LogP contribution in [0.15, 0.2) is 27.8 Å². The molecule has 3 aromatic rings. The largest absolute Gasteiger partial charge is 0.349 e. The lowest BCUT2D eigenvalue weighted by atomic mass is 10.2. The molecule has 0 atom stereocenters. The van der Waals surface area contributed by atoms with Crippen LogP contribution in [0.3, 0.4) is 0 Å². The maximum absolute atomic E-state index is 13.6. The van der Waals surface area contributed by atoms with Gasteiger partial charge in [-0.2, -0.15) is 0 Å². The van der Waals surface area contributed by atoms with Crippen molar-refractivity contribution in [3.05, 3.63) is 62.1 Å². The number of piperazine rings is 1. The highest BCUT2D eigenvalue weighted by atomic mass is 19.2. The van der Waals surface area contributed by atoms with Gasteiger partial charge in [-0.25, -0.2) is 18.6 Å². The molecule has 1 fully saturated rings. The fourth-order valence-electron chi connectivity index (χ4n) is 3.88. The van der Waals surface area contributed by atoms with Gasteiger partial charge in [0.1, 0.15) is 0 Å². The highest BCUT2D eigenvalue weighted by Gasteiger charge is 2.19. The first-order valence-corrected chi connectivity index (χ1v) is 11.2. The number of amides is 1. The molecule has 0 saturated carbocycles.